The Morgan fingerprint density at radius 2 is 1.87 bits per heavy atom. The summed E-state index contributed by atoms with van der Waals surface area (Å²) in [6.45, 7) is 3.77. The number of imidazole rings is 1. The minimum absolute atomic E-state index is 0.179. The van der Waals surface area contributed by atoms with Gasteiger partial charge in [-0.1, -0.05) is 0 Å². The number of carbonyl (C=O) groups is 1. The van der Waals surface area contributed by atoms with E-state index in [1.54, 1.807) is 50.0 Å². The fraction of sp³-hybridized carbons (Fsp3) is 0.318. The maximum absolute atomic E-state index is 13.0. The molecule has 3 rings (SSSR count). The molecule has 0 aliphatic rings. The number of anilines is 1. The number of methoxy groups -OCH3 is 2. The SMILES string of the molecule is COc1ccc(N(Cc2ccncc2)C(=O)NCCCn2cncc2C)cc1OC. The zero-order valence-corrected chi connectivity index (χ0v) is 17.5. The maximum atomic E-state index is 13.0. The van der Waals surface area contributed by atoms with E-state index >= 15 is 0 Å². The van der Waals surface area contributed by atoms with Gasteiger partial charge in [-0.3, -0.25) is 9.88 Å². The lowest BCUT2D eigenvalue weighted by Gasteiger charge is -2.24. The van der Waals surface area contributed by atoms with E-state index in [-0.39, 0.29) is 6.03 Å². The van der Waals surface area contributed by atoms with Crippen LogP contribution in [0.3, 0.4) is 0 Å². The second kappa shape index (κ2) is 10.3. The Hall–Kier alpha value is -3.55. The molecule has 0 aliphatic heterocycles. The molecule has 0 radical (unpaired) electrons. The highest BCUT2D eigenvalue weighted by Gasteiger charge is 2.18. The van der Waals surface area contributed by atoms with E-state index in [9.17, 15) is 4.79 Å². The van der Waals surface area contributed by atoms with E-state index in [0.717, 1.165) is 24.2 Å². The summed E-state index contributed by atoms with van der Waals surface area (Å²) >= 11 is 0. The number of nitrogens with one attached hydrogen (secondary N) is 1. The quantitative estimate of drug-likeness (QED) is 0.548. The van der Waals surface area contributed by atoms with Crippen LogP contribution in [0.2, 0.25) is 0 Å². The molecular weight excluding hydrogens is 382 g/mol. The third-order valence-corrected chi connectivity index (χ3v) is 4.79. The first-order valence-electron chi connectivity index (χ1n) is 9.75. The van der Waals surface area contributed by atoms with Gasteiger partial charge in [0.05, 0.1) is 27.1 Å². The van der Waals surface area contributed by atoms with E-state index in [1.165, 1.54) is 0 Å². The number of aryl methyl sites for hydroxylation is 2. The van der Waals surface area contributed by atoms with Crippen LogP contribution in [0.1, 0.15) is 17.7 Å². The number of rotatable bonds is 9. The van der Waals surface area contributed by atoms with Crippen molar-refractivity contribution in [3.05, 3.63) is 66.5 Å². The van der Waals surface area contributed by atoms with Crippen molar-refractivity contribution >= 4 is 11.7 Å². The molecule has 0 spiro atoms. The summed E-state index contributed by atoms with van der Waals surface area (Å²) in [5, 5.41) is 3.02. The van der Waals surface area contributed by atoms with Crippen LogP contribution < -0.4 is 19.7 Å². The van der Waals surface area contributed by atoms with Crippen LogP contribution >= 0.6 is 0 Å². The van der Waals surface area contributed by atoms with Crippen molar-refractivity contribution in [3.8, 4) is 11.5 Å². The van der Waals surface area contributed by atoms with Crippen LogP contribution in [-0.4, -0.2) is 41.3 Å². The number of carbonyl (C=O) groups excluding carboxylic acids is 1. The topological polar surface area (TPSA) is 81.5 Å². The second-order valence-corrected chi connectivity index (χ2v) is 6.79. The van der Waals surface area contributed by atoms with Gasteiger partial charge in [0.15, 0.2) is 11.5 Å². The predicted molar refractivity (Wildman–Crippen MR) is 115 cm³/mol. The first-order chi connectivity index (χ1) is 14.6. The van der Waals surface area contributed by atoms with Crippen LogP contribution in [0.25, 0.3) is 0 Å². The Bertz CT molecular complexity index is 958. The van der Waals surface area contributed by atoms with Gasteiger partial charge in [-0.15, -0.1) is 0 Å². The molecule has 0 atom stereocenters. The van der Waals surface area contributed by atoms with E-state index in [2.05, 4.69) is 19.9 Å². The first kappa shape index (κ1) is 21.2. The summed E-state index contributed by atoms with van der Waals surface area (Å²) in [5.74, 6) is 1.18. The third-order valence-electron chi connectivity index (χ3n) is 4.79. The molecule has 0 saturated heterocycles. The molecule has 1 N–H and O–H groups in total. The summed E-state index contributed by atoms with van der Waals surface area (Å²) in [5.41, 5.74) is 2.79. The van der Waals surface area contributed by atoms with Gasteiger partial charge in [-0.25, -0.2) is 9.78 Å². The third kappa shape index (κ3) is 5.28. The molecular formula is C22H27N5O3. The summed E-state index contributed by atoms with van der Waals surface area (Å²) in [6.07, 6.45) is 7.86. The van der Waals surface area contributed by atoms with Crippen LogP contribution in [0.4, 0.5) is 10.5 Å². The van der Waals surface area contributed by atoms with Crippen LogP contribution in [-0.2, 0) is 13.1 Å². The highest BCUT2D eigenvalue weighted by Crippen LogP contribution is 2.32. The zero-order valence-electron chi connectivity index (χ0n) is 17.5. The van der Waals surface area contributed by atoms with Crippen molar-refractivity contribution in [2.75, 3.05) is 25.7 Å². The minimum atomic E-state index is -0.179. The highest BCUT2D eigenvalue weighted by atomic mass is 16.5. The van der Waals surface area contributed by atoms with Gasteiger partial charge in [0.25, 0.3) is 0 Å². The number of urea groups is 1. The Kier molecular flexibility index (Phi) is 7.26. The minimum Gasteiger partial charge on any atom is -0.493 e. The smallest absolute Gasteiger partial charge is 0.322 e. The van der Waals surface area contributed by atoms with Crippen molar-refractivity contribution in [3.63, 3.8) is 0 Å². The molecule has 158 valence electrons. The van der Waals surface area contributed by atoms with E-state index in [1.807, 2.05) is 31.3 Å². The number of ether oxygens (including phenoxy) is 2. The maximum Gasteiger partial charge on any atom is 0.322 e. The molecule has 0 fully saturated rings. The fourth-order valence-electron chi connectivity index (χ4n) is 3.11. The Labute approximate surface area is 176 Å². The molecule has 2 aromatic heterocycles. The average Bonchev–Trinajstić information content (AvgIpc) is 3.19. The Morgan fingerprint density at radius 1 is 1.10 bits per heavy atom. The number of aromatic nitrogens is 3. The van der Waals surface area contributed by atoms with Crippen LogP contribution in [0.15, 0.2) is 55.2 Å². The summed E-state index contributed by atoms with van der Waals surface area (Å²) in [6, 6.07) is 9.04. The standard InChI is InChI=1S/C22H27N5O3/c1-17-14-24-16-26(17)12-4-9-25-22(28)27(15-18-7-10-23-11-8-18)19-5-6-20(29-2)21(13-19)30-3/h5-8,10-11,13-14,16H,4,9,12,15H2,1-3H3,(H,25,28). The second-order valence-electron chi connectivity index (χ2n) is 6.79. The number of nitrogens with zero attached hydrogens (tertiary/aromatic N) is 4. The van der Waals surface area contributed by atoms with Gasteiger partial charge in [0.1, 0.15) is 0 Å². The largest absolute Gasteiger partial charge is 0.493 e. The van der Waals surface area contributed by atoms with Gasteiger partial charge in [0.2, 0.25) is 0 Å². The Balaban J connectivity index is 1.72. The van der Waals surface area contributed by atoms with Gasteiger partial charge in [-0.2, -0.15) is 0 Å². The molecule has 0 bridgehead atoms. The molecule has 2 amide bonds. The van der Waals surface area contributed by atoms with Gasteiger partial charge in [-0.05, 0) is 43.2 Å². The predicted octanol–water partition coefficient (Wildman–Crippen LogP) is 3.41. The molecule has 2 heterocycles. The summed E-state index contributed by atoms with van der Waals surface area (Å²) < 4.78 is 12.8. The van der Waals surface area contributed by atoms with E-state index in [4.69, 9.17) is 9.47 Å². The molecule has 30 heavy (non-hydrogen) atoms. The normalized spacial score (nSPS) is 10.5. The average molecular weight is 409 g/mol. The molecule has 3 aromatic rings. The molecule has 0 saturated carbocycles. The van der Waals surface area contributed by atoms with E-state index in [0.29, 0.717) is 30.3 Å². The van der Waals surface area contributed by atoms with Gasteiger partial charge >= 0.3 is 6.03 Å². The Morgan fingerprint density at radius 3 is 2.53 bits per heavy atom. The number of benzene rings is 1. The molecule has 0 aliphatic carbocycles. The summed E-state index contributed by atoms with van der Waals surface area (Å²) in [7, 11) is 3.16. The number of pyridine rings is 1. The van der Waals surface area contributed by atoms with Crippen molar-refractivity contribution in [2.24, 2.45) is 0 Å². The zero-order chi connectivity index (χ0) is 21.3. The number of hydrogen-bond donors (Lipinski definition) is 1. The van der Waals surface area contributed by atoms with Gasteiger partial charge < -0.3 is 19.4 Å². The highest BCUT2D eigenvalue weighted by molar-refractivity contribution is 5.92. The number of hydrogen-bond acceptors (Lipinski definition) is 5. The van der Waals surface area contributed by atoms with E-state index < -0.39 is 0 Å². The van der Waals surface area contributed by atoms with Gasteiger partial charge in [0, 0.05) is 49.1 Å². The first-order valence-corrected chi connectivity index (χ1v) is 9.75. The lowest BCUT2D eigenvalue weighted by Crippen LogP contribution is -2.40. The molecule has 1 aromatic carbocycles. The lowest BCUT2D eigenvalue weighted by atomic mass is 10.2. The monoisotopic (exact) mass is 409 g/mol. The van der Waals surface area contributed by atoms with Crippen molar-refractivity contribution in [1.29, 1.82) is 0 Å². The fourth-order valence-corrected chi connectivity index (χ4v) is 3.11. The molecule has 8 nitrogen and oxygen atoms in total. The molecule has 8 heteroatoms. The number of amides is 2. The summed E-state index contributed by atoms with van der Waals surface area (Å²) in [4.78, 5) is 22.9. The van der Waals surface area contributed by atoms with Crippen molar-refractivity contribution in [1.82, 2.24) is 19.9 Å². The lowest BCUT2D eigenvalue weighted by molar-refractivity contribution is 0.245. The van der Waals surface area contributed by atoms with Crippen LogP contribution in [0.5, 0.6) is 11.5 Å². The molecule has 0 unspecified atom stereocenters. The van der Waals surface area contributed by atoms with Crippen molar-refractivity contribution in [2.45, 2.75) is 26.4 Å². The van der Waals surface area contributed by atoms with Crippen LogP contribution in [0, 0.1) is 6.92 Å². The van der Waals surface area contributed by atoms with Crippen molar-refractivity contribution < 1.29 is 14.3 Å².